The van der Waals surface area contributed by atoms with E-state index >= 15 is 0 Å². The Labute approximate surface area is 169 Å². The minimum Gasteiger partial charge on any atom is -0.489 e. The van der Waals surface area contributed by atoms with E-state index in [1.807, 2.05) is 31.2 Å². The van der Waals surface area contributed by atoms with E-state index < -0.39 is 11.7 Å². The first-order valence-electron chi connectivity index (χ1n) is 9.41. The number of nitrogens with one attached hydrogen (secondary N) is 1. The van der Waals surface area contributed by atoms with Crippen molar-refractivity contribution in [3.63, 3.8) is 0 Å². The number of fused-ring (bicyclic) bond motifs is 1. The lowest BCUT2D eigenvalue weighted by Gasteiger charge is -2.19. The molecule has 3 rings (SSSR count). The van der Waals surface area contributed by atoms with E-state index in [0.29, 0.717) is 29.1 Å². The van der Waals surface area contributed by atoms with Gasteiger partial charge in [-0.25, -0.2) is 4.79 Å². The molecule has 1 N–H and O–H groups in total. The van der Waals surface area contributed by atoms with Crippen molar-refractivity contribution in [3.05, 3.63) is 75.6 Å². The zero-order chi connectivity index (χ0) is 21.0. The van der Waals surface area contributed by atoms with Gasteiger partial charge in [-0.2, -0.15) is 0 Å². The quantitative estimate of drug-likeness (QED) is 0.677. The van der Waals surface area contributed by atoms with Crippen molar-refractivity contribution in [3.8, 4) is 5.75 Å². The third kappa shape index (κ3) is 5.85. The largest absolute Gasteiger partial charge is 0.489 e. The van der Waals surface area contributed by atoms with Crippen LogP contribution in [0.3, 0.4) is 0 Å². The van der Waals surface area contributed by atoms with E-state index in [2.05, 4.69) is 5.32 Å². The summed E-state index contributed by atoms with van der Waals surface area (Å²) in [5, 5.41) is 3.04. The number of carbonyl (C=O) groups is 1. The first-order valence-corrected chi connectivity index (χ1v) is 9.41. The summed E-state index contributed by atoms with van der Waals surface area (Å²) in [5.41, 5.74) is 1.86. The van der Waals surface area contributed by atoms with E-state index in [4.69, 9.17) is 13.9 Å². The van der Waals surface area contributed by atoms with E-state index in [1.165, 1.54) is 11.6 Å². The molecule has 0 aliphatic carbocycles. The van der Waals surface area contributed by atoms with Gasteiger partial charge in [-0.1, -0.05) is 29.8 Å². The molecule has 6 heteroatoms. The molecule has 3 aromatic rings. The molecule has 0 aliphatic heterocycles. The molecule has 1 aromatic heterocycles. The van der Waals surface area contributed by atoms with Crippen LogP contribution in [0.4, 0.5) is 4.79 Å². The Morgan fingerprint density at radius 3 is 2.48 bits per heavy atom. The predicted octanol–water partition coefficient (Wildman–Crippen LogP) is 4.71. The highest BCUT2D eigenvalue weighted by Gasteiger charge is 2.16. The summed E-state index contributed by atoms with van der Waals surface area (Å²) in [7, 11) is 0. The summed E-state index contributed by atoms with van der Waals surface area (Å²) in [6.45, 7) is 7.83. The summed E-state index contributed by atoms with van der Waals surface area (Å²) in [6.07, 6.45) is -0.574. The lowest BCUT2D eigenvalue weighted by atomic mass is 10.2. The molecule has 0 bridgehead atoms. The predicted molar refractivity (Wildman–Crippen MR) is 111 cm³/mol. The zero-order valence-corrected chi connectivity index (χ0v) is 17.1. The Morgan fingerprint density at radius 2 is 1.79 bits per heavy atom. The van der Waals surface area contributed by atoms with Gasteiger partial charge in [-0.3, -0.25) is 4.79 Å². The zero-order valence-electron chi connectivity index (χ0n) is 17.1. The van der Waals surface area contributed by atoms with Crippen molar-refractivity contribution in [1.82, 2.24) is 5.32 Å². The van der Waals surface area contributed by atoms with Gasteiger partial charge in [0.15, 0.2) is 5.43 Å². The van der Waals surface area contributed by atoms with Gasteiger partial charge in [0, 0.05) is 12.1 Å². The number of alkyl carbamates (subject to hydrolysis) is 1. The third-order valence-electron chi connectivity index (χ3n) is 4.08. The molecule has 0 aliphatic rings. The number of carbonyl (C=O) groups excluding carboxylic acids is 1. The Kier molecular flexibility index (Phi) is 5.92. The van der Waals surface area contributed by atoms with Crippen LogP contribution in [0.15, 0.2) is 57.7 Å². The van der Waals surface area contributed by atoms with Crippen LogP contribution < -0.4 is 15.5 Å². The lowest BCUT2D eigenvalue weighted by Crippen LogP contribution is -2.32. The third-order valence-corrected chi connectivity index (χ3v) is 4.08. The van der Waals surface area contributed by atoms with E-state index in [9.17, 15) is 9.59 Å². The summed E-state index contributed by atoms with van der Waals surface area (Å²) in [5.74, 6) is 0.933. The minimum absolute atomic E-state index is 0.0501. The first-order chi connectivity index (χ1) is 13.7. The fourth-order valence-electron chi connectivity index (χ4n) is 2.69. The van der Waals surface area contributed by atoms with Crippen molar-refractivity contribution >= 4 is 17.1 Å². The average molecular weight is 395 g/mol. The number of ether oxygens (including phenoxy) is 2. The van der Waals surface area contributed by atoms with Gasteiger partial charge in [-0.05, 0) is 45.4 Å². The van der Waals surface area contributed by atoms with Crippen molar-refractivity contribution < 1.29 is 18.7 Å². The van der Waals surface area contributed by atoms with Crippen molar-refractivity contribution in [2.24, 2.45) is 0 Å². The Hall–Kier alpha value is -3.28. The Morgan fingerprint density at radius 1 is 1.07 bits per heavy atom. The molecular weight excluding hydrogens is 370 g/mol. The highest BCUT2D eigenvalue weighted by atomic mass is 16.6. The van der Waals surface area contributed by atoms with Crippen LogP contribution in [0.5, 0.6) is 5.75 Å². The lowest BCUT2D eigenvalue weighted by molar-refractivity contribution is 0.0520. The molecular formula is C23H25NO5. The fraction of sp³-hybridized carbons (Fsp3) is 0.304. The van der Waals surface area contributed by atoms with Crippen molar-refractivity contribution in [2.45, 2.75) is 46.4 Å². The van der Waals surface area contributed by atoms with Crippen LogP contribution in [0.25, 0.3) is 11.0 Å². The van der Waals surface area contributed by atoms with E-state index in [-0.39, 0.29) is 12.0 Å². The van der Waals surface area contributed by atoms with Gasteiger partial charge < -0.3 is 19.2 Å². The number of amides is 1. The molecule has 0 saturated carbocycles. The summed E-state index contributed by atoms with van der Waals surface area (Å²) < 4.78 is 16.8. The molecule has 0 fully saturated rings. The second-order valence-electron chi connectivity index (χ2n) is 7.86. The SMILES string of the molecule is Cc1ccc(COc2ccc3c(=O)cc(CNC(=O)OC(C)(C)C)oc3c2)cc1. The Bertz CT molecular complexity index is 1060. The van der Waals surface area contributed by atoms with Crippen LogP contribution in [0.1, 0.15) is 37.7 Å². The van der Waals surface area contributed by atoms with Crippen LogP contribution in [-0.4, -0.2) is 11.7 Å². The van der Waals surface area contributed by atoms with Crippen molar-refractivity contribution in [1.29, 1.82) is 0 Å². The molecule has 0 radical (unpaired) electrons. The average Bonchev–Trinajstić information content (AvgIpc) is 2.64. The van der Waals surface area contributed by atoms with E-state index in [0.717, 1.165) is 5.56 Å². The number of rotatable bonds is 5. The topological polar surface area (TPSA) is 77.8 Å². The van der Waals surface area contributed by atoms with Gasteiger partial charge in [0.2, 0.25) is 0 Å². The summed E-state index contributed by atoms with van der Waals surface area (Å²) in [4.78, 5) is 24.2. The van der Waals surface area contributed by atoms with Crippen molar-refractivity contribution in [2.75, 3.05) is 0 Å². The molecule has 0 atom stereocenters. The van der Waals surface area contributed by atoms with Crippen LogP contribution in [0, 0.1) is 6.92 Å². The number of hydrogen-bond acceptors (Lipinski definition) is 5. The standard InChI is InChI=1S/C23H25NO5/c1-15-5-7-16(8-6-15)14-27-17-9-10-19-20(25)11-18(28-21(19)12-17)13-24-22(26)29-23(2,3)4/h5-12H,13-14H2,1-4H3,(H,24,26). The summed E-state index contributed by atoms with van der Waals surface area (Å²) in [6, 6.07) is 14.6. The second-order valence-corrected chi connectivity index (χ2v) is 7.86. The Balaban J connectivity index is 1.72. The van der Waals surface area contributed by atoms with Gasteiger partial charge >= 0.3 is 6.09 Å². The molecule has 0 spiro atoms. The van der Waals surface area contributed by atoms with E-state index in [1.54, 1.807) is 39.0 Å². The van der Waals surface area contributed by atoms with Gasteiger partial charge in [0.1, 0.15) is 29.3 Å². The number of hydrogen-bond donors (Lipinski definition) is 1. The normalized spacial score (nSPS) is 11.3. The van der Waals surface area contributed by atoms with Crippen LogP contribution in [-0.2, 0) is 17.9 Å². The number of aryl methyl sites for hydroxylation is 1. The molecule has 6 nitrogen and oxygen atoms in total. The van der Waals surface area contributed by atoms with Gasteiger partial charge in [-0.15, -0.1) is 0 Å². The maximum atomic E-state index is 12.4. The fourth-order valence-corrected chi connectivity index (χ4v) is 2.69. The molecule has 152 valence electrons. The highest BCUT2D eigenvalue weighted by molar-refractivity contribution is 5.78. The van der Waals surface area contributed by atoms with Crippen LogP contribution >= 0.6 is 0 Å². The molecule has 1 amide bonds. The molecule has 0 unspecified atom stereocenters. The highest BCUT2D eigenvalue weighted by Crippen LogP contribution is 2.21. The second kappa shape index (κ2) is 8.39. The monoisotopic (exact) mass is 395 g/mol. The van der Waals surface area contributed by atoms with Gasteiger partial charge in [0.05, 0.1) is 11.9 Å². The number of benzene rings is 2. The minimum atomic E-state index is -0.599. The van der Waals surface area contributed by atoms with Crippen LogP contribution in [0.2, 0.25) is 0 Å². The molecule has 1 heterocycles. The first kappa shape index (κ1) is 20.5. The smallest absolute Gasteiger partial charge is 0.408 e. The molecule has 2 aromatic carbocycles. The maximum absolute atomic E-state index is 12.4. The molecule has 29 heavy (non-hydrogen) atoms. The molecule has 0 saturated heterocycles. The summed E-state index contributed by atoms with van der Waals surface area (Å²) >= 11 is 0. The van der Waals surface area contributed by atoms with Gasteiger partial charge in [0.25, 0.3) is 0 Å². The maximum Gasteiger partial charge on any atom is 0.408 e.